The van der Waals surface area contributed by atoms with Gasteiger partial charge in [0.1, 0.15) is 11.6 Å². The molecule has 1 aromatic carbocycles. The summed E-state index contributed by atoms with van der Waals surface area (Å²) in [5.41, 5.74) is 1.17. The Kier molecular flexibility index (Phi) is 6.23. The van der Waals surface area contributed by atoms with Crippen LogP contribution in [0.3, 0.4) is 0 Å². The van der Waals surface area contributed by atoms with Gasteiger partial charge in [-0.25, -0.2) is 18.7 Å². The zero-order valence-corrected chi connectivity index (χ0v) is 14.6. The number of aromatic nitrogens is 2. The summed E-state index contributed by atoms with van der Waals surface area (Å²) in [6, 6.07) is 6.53. The number of alkyl halides is 2. The van der Waals surface area contributed by atoms with Crippen molar-refractivity contribution >= 4 is 0 Å². The van der Waals surface area contributed by atoms with E-state index in [0.29, 0.717) is 35.5 Å². The van der Waals surface area contributed by atoms with E-state index >= 15 is 0 Å². The van der Waals surface area contributed by atoms with Crippen molar-refractivity contribution in [1.82, 2.24) is 9.97 Å². The zero-order valence-electron chi connectivity index (χ0n) is 14.6. The maximum atomic E-state index is 13.4. The quantitative estimate of drug-likeness (QED) is 0.675. The molecule has 1 atom stereocenters. The van der Waals surface area contributed by atoms with E-state index in [-0.39, 0.29) is 11.3 Å². The van der Waals surface area contributed by atoms with Gasteiger partial charge in [-0.2, -0.15) is 0 Å². The molecule has 0 aliphatic carbocycles. The molecular weight excluding hydrogens is 310 g/mol. The fraction of sp³-hybridized carbons (Fsp3) is 0.474. The molecule has 3 nitrogen and oxygen atoms in total. The van der Waals surface area contributed by atoms with Gasteiger partial charge in [-0.05, 0) is 49.4 Å². The van der Waals surface area contributed by atoms with Crippen LogP contribution in [0.25, 0.3) is 11.3 Å². The molecule has 2 rings (SSSR count). The van der Waals surface area contributed by atoms with Crippen molar-refractivity contribution in [1.29, 1.82) is 0 Å². The Balaban J connectivity index is 2.21. The third kappa shape index (κ3) is 4.98. The van der Waals surface area contributed by atoms with Crippen molar-refractivity contribution in [3.63, 3.8) is 0 Å². The Morgan fingerprint density at radius 1 is 1.12 bits per heavy atom. The second-order valence-corrected chi connectivity index (χ2v) is 6.59. The van der Waals surface area contributed by atoms with E-state index in [0.717, 1.165) is 6.42 Å². The van der Waals surface area contributed by atoms with Crippen molar-refractivity contribution in [2.24, 2.45) is 11.8 Å². The highest BCUT2D eigenvalue weighted by Crippen LogP contribution is 2.33. The molecule has 0 fully saturated rings. The predicted octanol–water partition coefficient (Wildman–Crippen LogP) is 5.45. The first-order valence-electron chi connectivity index (χ1n) is 8.21. The van der Waals surface area contributed by atoms with Gasteiger partial charge >= 0.3 is 0 Å². The molecule has 130 valence electrons. The SMILES string of the molecule is Cc1nccc(-c2ccc(OC[C@H](C)CC(C)C)c(C(F)F)c2)n1. The lowest BCUT2D eigenvalue weighted by Crippen LogP contribution is -2.12. The highest BCUT2D eigenvalue weighted by molar-refractivity contribution is 5.62. The zero-order chi connectivity index (χ0) is 17.7. The van der Waals surface area contributed by atoms with Gasteiger partial charge < -0.3 is 4.74 Å². The number of hydrogen-bond acceptors (Lipinski definition) is 3. The van der Waals surface area contributed by atoms with E-state index in [4.69, 9.17) is 4.74 Å². The Morgan fingerprint density at radius 3 is 2.50 bits per heavy atom. The van der Waals surface area contributed by atoms with Crippen LogP contribution in [0.15, 0.2) is 30.5 Å². The lowest BCUT2D eigenvalue weighted by molar-refractivity contribution is 0.142. The summed E-state index contributed by atoms with van der Waals surface area (Å²) in [6.45, 7) is 8.55. The number of aryl methyl sites for hydroxylation is 1. The van der Waals surface area contributed by atoms with Crippen LogP contribution >= 0.6 is 0 Å². The Hall–Kier alpha value is -2.04. The summed E-state index contributed by atoms with van der Waals surface area (Å²) in [5.74, 6) is 1.73. The third-order valence-electron chi connectivity index (χ3n) is 3.71. The van der Waals surface area contributed by atoms with Gasteiger partial charge in [0, 0.05) is 11.8 Å². The van der Waals surface area contributed by atoms with Crippen LogP contribution in [-0.2, 0) is 0 Å². The summed E-state index contributed by atoms with van der Waals surface area (Å²) >= 11 is 0. The summed E-state index contributed by atoms with van der Waals surface area (Å²) in [6.07, 6.45) is 0.0309. The van der Waals surface area contributed by atoms with Crippen LogP contribution in [0, 0.1) is 18.8 Å². The van der Waals surface area contributed by atoms with Crippen LogP contribution < -0.4 is 4.74 Å². The standard InChI is InChI=1S/C19H24F2N2O/c1-12(2)9-13(3)11-24-18-6-5-15(10-16(18)19(20)21)17-7-8-22-14(4)23-17/h5-8,10,12-13,19H,9,11H2,1-4H3/t13-/m1/s1. The molecule has 24 heavy (non-hydrogen) atoms. The number of rotatable bonds is 7. The van der Waals surface area contributed by atoms with E-state index in [9.17, 15) is 8.78 Å². The van der Waals surface area contributed by atoms with Crippen LogP contribution in [0.2, 0.25) is 0 Å². The maximum absolute atomic E-state index is 13.4. The molecule has 0 bridgehead atoms. The molecule has 0 saturated heterocycles. The topological polar surface area (TPSA) is 35.0 Å². The van der Waals surface area contributed by atoms with Gasteiger partial charge in [0.2, 0.25) is 0 Å². The minimum atomic E-state index is -2.59. The fourth-order valence-electron chi connectivity index (χ4n) is 2.73. The molecular formula is C19H24F2N2O. The monoisotopic (exact) mass is 334 g/mol. The van der Waals surface area contributed by atoms with Gasteiger partial charge in [-0.3, -0.25) is 0 Å². The van der Waals surface area contributed by atoms with Gasteiger partial charge in [0.25, 0.3) is 6.43 Å². The smallest absolute Gasteiger partial charge is 0.267 e. The number of halogens is 2. The second kappa shape index (κ2) is 8.18. The van der Waals surface area contributed by atoms with Crippen molar-refractivity contribution < 1.29 is 13.5 Å². The first-order chi connectivity index (χ1) is 11.4. The van der Waals surface area contributed by atoms with Crippen LogP contribution in [0.5, 0.6) is 5.75 Å². The number of nitrogens with zero attached hydrogens (tertiary/aromatic N) is 2. The molecule has 5 heteroatoms. The summed E-state index contributed by atoms with van der Waals surface area (Å²) in [5, 5.41) is 0. The molecule has 2 aromatic rings. The van der Waals surface area contributed by atoms with Gasteiger partial charge in [0.05, 0.1) is 17.9 Å². The van der Waals surface area contributed by atoms with E-state index in [1.807, 2.05) is 0 Å². The lowest BCUT2D eigenvalue weighted by Gasteiger charge is -2.17. The molecule has 1 aromatic heterocycles. The Morgan fingerprint density at radius 2 is 1.88 bits per heavy atom. The second-order valence-electron chi connectivity index (χ2n) is 6.59. The molecule has 1 heterocycles. The predicted molar refractivity (Wildman–Crippen MR) is 91.3 cm³/mol. The molecule has 0 N–H and O–H groups in total. The van der Waals surface area contributed by atoms with Gasteiger partial charge in [0.15, 0.2) is 0 Å². The molecule has 0 amide bonds. The number of benzene rings is 1. The number of ether oxygens (including phenoxy) is 1. The Bertz CT molecular complexity index is 674. The van der Waals surface area contributed by atoms with Crippen LogP contribution in [-0.4, -0.2) is 16.6 Å². The van der Waals surface area contributed by atoms with Crippen molar-refractivity contribution in [2.75, 3.05) is 6.61 Å². The summed E-state index contributed by atoms with van der Waals surface area (Å²) in [4.78, 5) is 8.31. The molecule has 0 aliphatic heterocycles. The third-order valence-corrected chi connectivity index (χ3v) is 3.71. The largest absolute Gasteiger partial charge is 0.493 e. The molecule has 0 saturated carbocycles. The van der Waals surface area contributed by atoms with Crippen molar-refractivity contribution in [3.05, 3.63) is 41.9 Å². The fourth-order valence-corrected chi connectivity index (χ4v) is 2.73. The van der Waals surface area contributed by atoms with E-state index in [1.54, 1.807) is 31.3 Å². The van der Waals surface area contributed by atoms with E-state index in [1.165, 1.54) is 6.07 Å². The minimum absolute atomic E-state index is 0.0967. The maximum Gasteiger partial charge on any atom is 0.267 e. The first-order valence-corrected chi connectivity index (χ1v) is 8.21. The van der Waals surface area contributed by atoms with Crippen LogP contribution in [0.1, 0.15) is 45.0 Å². The van der Waals surface area contributed by atoms with Crippen molar-refractivity contribution in [3.8, 4) is 17.0 Å². The minimum Gasteiger partial charge on any atom is -0.493 e. The average Bonchev–Trinajstić information content (AvgIpc) is 2.52. The van der Waals surface area contributed by atoms with E-state index in [2.05, 4.69) is 30.7 Å². The van der Waals surface area contributed by atoms with Crippen molar-refractivity contribution in [2.45, 2.75) is 40.5 Å². The lowest BCUT2D eigenvalue weighted by atomic mass is 10.00. The van der Waals surface area contributed by atoms with E-state index < -0.39 is 6.43 Å². The molecule has 0 radical (unpaired) electrons. The highest BCUT2D eigenvalue weighted by atomic mass is 19.3. The van der Waals surface area contributed by atoms with Gasteiger partial charge in [-0.1, -0.05) is 20.8 Å². The highest BCUT2D eigenvalue weighted by Gasteiger charge is 2.17. The molecule has 0 aliphatic rings. The first kappa shape index (κ1) is 18.3. The number of hydrogen-bond donors (Lipinski definition) is 0. The summed E-state index contributed by atoms with van der Waals surface area (Å²) < 4.78 is 32.5. The summed E-state index contributed by atoms with van der Waals surface area (Å²) in [7, 11) is 0. The molecule has 0 unspecified atom stereocenters. The normalized spacial score (nSPS) is 12.7. The van der Waals surface area contributed by atoms with Gasteiger partial charge in [-0.15, -0.1) is 0 Å². The average molecular weight is 334 g/mol. The Labute approximate surface area is 142 Å². The van der Waals surface area contributed by atoms with Crippen LogP contribution in [0.4, 0.5) is 8.78 Å². The molecule has 0 spiro atoms.